The molecule has 1 atom stereocenters. The van der Waals surface area contributed by atoms with Crippen molar-refractivity contribution in [3.05, 3.63) is 35.6 Å². The summed E-state index contributed by atoms with van der Waals surface area (Å²) >= 11 is 0. The minimum absolute atomic E-state index is 0.0670. The minimum Gasteiger partial charge on any atom is -0.300 e. The van der Waals surface area contributed by atoms with Gasteiger partial charge in [0.05, 0.1) is 12.0 Å². The fraction of sp³-hybridized carbons (Fsp3) is 0.333. The van der Waals surface area contributed by atoms with Gasteiger partial charge in [0.25, 0.3) is 0 Å². The van der Waals surface area contributed by atoms with Gasteiger partial charge in [-0.2, -0.15) is 5.26 Å². The monoisotopic (exact) mass is 205 g/mol. The summed E-state index contributed by atoms with van der Waals surface area (Å²) in [6.45, 7) is 1.50. The maximum absolute atomic E-state index is 12.6. The normalized spacial score (nSPS) is 11.8. The summed E-state index contributed by atoms with van der Waals surface area (Å²) in [4.78, 5) is 10.8. The Balaban J connectivity index is 2.71. The summed E-state index contributed by atoms with van der Waals surface area (Å²) in [6, 6.07) is 7.95. The van der Waals surface area contributed by atoms with Crippen molar-refractivity contribution in [3.63, 3.8) is 0 Å². The standard InChI is InChI=1S/C12H12FNO/c1-9(15)2-3-11(8-14)10-4-6-12(13)7-5-10/h4-7,11H,2-3H2,1H3. The summed E-state index contributed by atoms with van der Waals surface area (Å²) in [5.41, 5.74) is 0.764. The fourth-order valence-corrected chi connectivity index (χ4v) is 1.35. The molecule has 0 saturated carbocycles. The van der Waals surface area contributed by atoms with Crippen LogP contribution < -0.4 is 0 Å². The molecule has 0 aliphatic carbocycles. The number of carbonyl (C=O) groups excluding carboxylic acids is 1. The average Bonchev–Trinajstić information content (AvgIpc) is 2.21. The molecule has 0 fully saturated rings. The number of benzene rings is 1. The predicted molar refractivity (Wildman–Crippen MR) is 54.7 cm³/mol. The molecule has 0 aliphatic rings. The van der Waals surface area contributed by atoms with Crippen LogP contribution in [0.2, 0.25) is 0 Å². The predicted octanol–water partition coefficient (Wildman–Crippen LogP) is 2.80. The molecule has 78 valence electrons. The van der Waals surface area contributed by atoms with E-state index in [0.29, 0.717) is 12.8 Å². The van der Waals surface area contributed by atoms with Crippen LogP contribution in [0.5, 0.6) is 0 Å². The molecule has 0 bridgehead atoms. The zero-order valence-electron chi connectivity index (χ0n) is 8.53. The Labute approximate surface area is 88.3 Å². The molecule has 1 aromatic carbocycles. The van der Waals surface area contributed by atoms with E-state index in [-0.39, 0.29) is 17.5 Å². The van der Waals surface area contributed by atoms with Gasteiger partial charge in [-0.25, -0.2) is 4.39 Å². The third-order valence-corrected chi connectivity index (χ3v) is 2.21. The molecule has 0 saturated heterocycles. The number of ketones is 1. The van der Waals surface area contributed by atoms with Crippen molar-refractivity contribution >= 4 is 5.78 Å². The van der Waals surface area contributed by atoms with Crippen LogP contribution in [-0.2, 0) is 4.79 Å². The van der Waals surface area contributed by atoms with Crippen LogP contribution in [-0.4, -0.2) is 5.78 Å². The first-order valence-corrected chi connectivity index (χ1v) is 4.78. The van der Waals surface area contributed by atoms with E-state index in [1.807, 2.05) is 0 Å². The first kappa shape index (κ1) is 11.4. The number of hydrogen-bond acceptors (Lipinski definition) is 2. The van der Waals surface area contributed by atoms with Crippen LogP contribution in [0.15, 0.2) is 24.3 Å². The Hall–Kier alpha value is -1.69. The first-order chi connectivity index (χ1) is 7.13. The van der Waals surface area contributed by atoms with Gasteiger partial charge in [-0.15, -0.1) is 0 Å². The molecule has 1 rings (SSSR count). The topological polar surface area (TPSA) is 40.9 Å². The Morgan fingerprint density at radius 3 is 2.53 bits per heavy atom. The zero-order valence-corrected chi connectivity index (χ0v) is 8.53. The van der Waals surface area contributed by atoms with Crippen LogP contribution in [0.25, 0.3) is 0 Å². The largest absolute Gasteiger partial charge is 0.300 e. The summed E-state index contributed by atoms with van der Waals surface area (Å²) in [6.07, 6.45) is 0.882. The van der Waals surface area contributed by atoms with Gasteiger partial charge >= 0.3 is 0 Å². The van der Waals surface area contributed by atoms with E-state index in [9.17, 15) is 9.18 Å². The molecule has 1 aromatic rings. The number of hydrogen-bond donors (Lipinski definition) is 0. The lowest BCUT2D eigenvalue weighted by Crippen LogP contribution is -1.99. The van der Waals surface area contributed by atoms with E-state index < -0.39 is 0 Å². The van der Waals surface area contributed by atoms with Crippen molar-refractivity contribution in [2.75, 3.05) is 0 Å². The third kappa shape index (κ3) is 3.51. The average molecular weight is 205 g/mol. The van der Waals surface area contributed by atoms with Crippen LogP contribution in [0.3, 0.4) is 0 Å². The molecule has 0 radical (unpaired) electrons. The lowest BCUT2D eigenvalue weighted by molar-refractivity contribution is -0.117. The zero-order chi connectivity index (χ0) is 11.3. The summed E-state index contributed by atoms with van der Waals surface area (Å²) in [5.74, 6) is -0.575. The van der Waals surface area contributed by atoms with E-state index in [0.717, 1.165) is 5.56 Å². The Morgan fingerprint density at radius 2 is 2.07 bits per heavy atom. The van der Waals surface area contributed by atoms with Crippen LogP contribution >= 0.6 is 0 Å². The number of nitriles is 1. The van der Waals surface area contributed by atoms with Crippen molar-refractivity contribution in [2.24, 2.45) is 0 Å². The van der Waals surface area contributed by atoms with E-state index in [1.54, 1.807) is 12.1 Å². The van der Waals surface area contributed by atoms with Gasteiger partial charge in [-0.05, 0) is 31.0 Å². The highest BCUT2D eigenvalue weighted by Gasteiger charge is 2.11. The summed E-state index contributed by atoms with van der Waals surface area (Å²) in [7, 11) is 0. The van der Waals surface area contributed by atoms with Crippen LogP contribution in [0.1, 0.15) is 31.2 Å². The fourth-order valence-electron chi connectivity index (χ4n) is 1.35. The second-order valence-electron chi connectivity index (χ2n) is 3.47. The SMILES string of the molecule is CC(=O)CCC(C#N)c1ccc(F)cc1. The lowest BCUT2D eigenvalue weighted by atomic mass is 9.95. The van der Waals surface area contributed by atoms with E-state index in [1.165, 1.54) is 19.1 Å². The number of Topliss-reactive ketones (excluding diaryl/α,β-unsaturated/α-hetero) is 1. The van der Waals surface area contributed by atoms with Crippen molar-refractivity contribution < 1.29 is 9.18 Å². The quantitative estimate of drug-likeness (QED) is 0.758. The Bertz CT molecular complexity index is 378. The van der Waals surface area contributed by atoms with Crippen LogP contribution in [0.4, 0.5) is 4.39 Å². The number of carbonyl (C=O) groups is 1. The van der Waals surface area contributed by atoms with E-state index in [4.69, 9.17) is 5.26 Å². The highest BCUT2D eigenvalue weighted by atomic mass is 19.1. The smallest absolute Gasteiger partial charge is 0.129 e. The molecule has 0 amide bonds. The Kier molecular flexibility index (Phi) is 3.99. The molecule has 1 unspecified atom stereocenters. The number of nitrogens with zero attached hydrogens (tertiary/aromatic N) is 1. The molecule has 0 aromatic heterocycles. The number of halogens is 1. The van der Waals surface area contributed by atoms with Crippen molar-refractivity contribution in [2.45, 2.75) is 25.7 Å². The molecule has 3 heteroatoms. The first-order valence-electron chi connectivity index (χ1n) is 4.78. The van der Waals surface area contributed by atoms with E-state index in [2.05, 4.69) is 6.07 Å². The van der Waals surface area contributed by atoms with Crippen molar-refractivity contribution in [1.29, 1.82) is 5.26 Å². The lowest BCUT2D eigenvalue weighted by Gasteiger charge is -2.07. The van der Waals surface area contributed by atoms with Crippen LogP contribution in [0, 0.1) is 17.1 Å². The minimum atomic E-state index is -0.325. The molecule has 2 nitrogen and oxygen atoms in total. The third-order valence-electron chi connectivity index (χ3n) is 2.21. The highest BCUT2D eigenvalue weighted by Crippen LogP contribution is 2.20. The van der Waals surface area contributed by atoms with Crippen molar-refractivity contribution in [3.8, 4) is 6.07 Å². The van der Waals surface area contributed by atoms with Gasteiger partial charge in [-0.1, -0.05) is 12.1 Å². The second-order valence-corrected chi connectivity index (χ2v) is 3.47. The van der Waals surface area contributed by atoms with Gasteiger partial charge in [-0.3, -0.25) is 0 Å². The summed E-state index contributed by atoms with van der Waals surface area (Å²) < 4.78 is 12.6. The molecule has 15 heavy (non-hydrogen) atoms. The number of rotatable bonds is 4. The molecular weight excluding hydrogens is 193 g/mol. The van der Waals surface area contributed by atoms with Gasteiger partial charge in [0.15, 0.2) is 0 Å². The Morgan fingerprint density at radius 1 is 1.47 bits per heavy atom. The summed E-state index contributed by atoms with van der Waals surface area (Å²) in [5, 5.41) is 8.91. The van der Waals surface area contributed by atoms with Crippen molar-refractivity contribution in [1.82, 2.24) is 0 Å². The van der Waals surface area contributed by atoms with Gasteiger partial charge in [0.2, 0.25) is 0 Å². The molecule has 0 N–H and O–H groups in total. The van der Waals surface area contributed by atoms with Gasteiger partial charge < -0.3 is 4.79 Å². The maximum atomic E-state index is 12.6. The molecule has 0 spiro atoms. The maximum Gasteiger partial charge on any atom is 0.129 e. The highest BCUT2D eigenvalue weighted by molar-refractivity contribution is 5.75. The van der Waals surface area contributed by atoms with Gasteiger partial charge in [0.1, 0.15) is 11.6 Å². The second kappa shape index (κ2) is 5.26. The molecule has 0 heterocycles. The van der Waals surface area contributed by atoms with Gasteiger partial charge in [0, 0.05) is 6.42 Å². The molecule has 0 aliphatic heterocycles. The molecular formula is C12H12FNO. The van der Waals surface area contributed by atoms with E-state index >= 15 is 0 Å².